The molecule has 0 radical (unpaired) electrons. The van der Waals surface area contributed by atoms with Gasteiger partial charge >= 0.3 is 0 Å². The van der Waals surface area contributed by atoms with Crippen molar-refractivity contribution < 1.29 is 4.79 Å². The number of nitrogens with zero attached hydrogens (tertiary/aromatic N) is 1. The number of nitrogens with one attached hydrogen (secondary N) is 2. The molecule has 0 atom stereocenters. The van der Waals surface area contributed by atoms with Gasteiger partial charge in [-0.2, -0.15) is 5.10 Å². The summed E-state index contributed by atoms with van der Waals surface area (Å²) in [5, 5.41) is 10.3. The molecule has 0 spiro atoms. The largest absolute Gasteiger partial charge is 0.348 e. The van der Waals surface area contributed by atoms with Gasteiger partial charge in [0.2, 0.25) is 0 Å². The first-order chi connectivity index (χ1) is 8.75. The second kappa shape index (κ2) is 5.03. The third-order valence-corrected chi connectivity index (χ3v) is 4.68. The Labute approximate surface area is 115 Å². The van der Waals surface area contributed by atoms with Crippen molar-refractivity contribution in [3.63, 3.8) is 0 Å². The zero-order valence-electron chi connectivity index (χ0n) is 10.3. The molecule has 4 nitrogen and oxygen atoms in total. The van der Waals surface area contributed by atoms with Gasteiger partial charge in [-0.25, -0.2) is 0 Å². The van der Waals surface area contributed by atoms with Gasteiger partial charge in [-0.05, 0) is 41.6 Å². The Morgan fingerprint density at radius 3 is 2.61 bits per heavy atom. The predicted octanol–water partition coefficient (Wildman–Crippen LogP) is 3.11. The number of amides is 1. The molecule has 3 rings (SSSR count). The molecule has 2 N–H and O–H groups in total. The number of carbonyl (C=O) groups excluding carboxylic acids is 1. The van der Waals surface area contributed by atoms with Crippen molar-refractivity contribution in [2.75, 3.05) is 0 Å². The number of rotatable bonds is 3. The maximum atomic E-state index is 12.2. The van der Waals surface area contributed by atoms with Crippen LogP contribution in [0.1, 0.15) is 67.0 Å². The third-order valence-electron chi connectivity index (χ3n) is 3.87. The summed E-state index contributed by atoms with van der Waals surface area (Å²) in [4.78, 5) is 12.2. The smallest absolute Gasteiger partial charge is 0.273 e. The minimum absolute atomic E-state index is 0.0445. The van der Waals surface area contributed by atoms with Crippen LogP contribution in [-0.4, -0.2) is 22.1 Å². The Hall–Kier alpha value is -0.840. The molecule has 1 heterocycles. The Kier molecular flexibility index (Phi) is 3.41. The highest BCUT2D eigenvalue weighted by Crippen LogP contribution is 2.42. The van der Waals surface area contributed by atoms with E-state index < -0.39 is 0 Å². The number of hydrogen-bond acceptors (Lipinski definition) is 2. The number of halogens is 1. The van der Waals surface area contributed by atoms with Crippen LogP contribution in [0.4, 0.5) is 0 Å². The number of aromatic amines is 1. The van der Waals surface area contributed by atoms with E-state index in [9.17, 15) is 4.79 Å². The standard InChI is InChI=1S/C13H18BrN3O/c14-10-11(8-6-7-8)16-17-12(10)13(18)15-9-4-2-1-3-5-9/h8-9H,1-7H2,(H,15,18)(H,16,17). The van der Waals surface area contributed by atoms with Crippen molar-refractivity contribution in [2.45, 2.75) is 56.9 Å². The van der Waals surface area contributed by atoms with Crippen LogP contribution in [-0.2, 0) is 0 Å². The molecule has 1 aromatic rings. The molecule has 98 valence electrons. The van der Waals surface area contributed by atoms with Crippen LogP contribution in [0.25, 0.3) is 0 Å². The molecule has 1 aromatic heterocycles. The van der Waals surface area contributed by atoms with Gasteiger partial charge in [-0.3, -0.25) is 9.89 Å². The molecule has 1 amide bonds. The molecule has 0 bridgehead atoms. The molecular formula is C13H18BrN3O. The molecular weight excluding hydrogens is 294 g/mol. The van der Waals surface area contributed by atoms with Crippen LogP contribution in [0.3, 0.4) is 0 Å². The van der Waals surface area contributed by atoms with Gasteiger partial charge in [0.25, 0.3) is 5.91 Å². The molecule has 18 heavy (non-hydrogen) atoms. The highest BCUT2D eigenvalue weighted by atomic mass is 79.9. The van der Waals surface area contributed by atoms with E-state index >= 15 is 0 Å². The van der Waals surface area contributed by atoms with E-state index in [1.807, 2.05) is 0 Å². The minimum atomic E-state index is -0.0445. The van der Waals surface area contributed by atoms with Gasteiger partial charge in [-0.15, -0.1) is 0 Å². The van der Waals surface area contributed by atoms with Crippen molar-refractivity contribution in [1.29, 1.82) is 0 Å². The summed E-state index contributed by atoms with van der Waals surface area (Å²) in [6, 6.07) is 0.333. The number of hydrogen-bond donors (Lipinski definition) is 2. The molecule has 2 fully saturated rings. The maximum Gasteiger partial charge on any atom is 0.273 e. The molecule has 0 unspecified atom stereocenters. The quantitative estimate of drug-likeness (QED) is 0.901. The van der Waals surface area contributed by atoms with Gasteiger partial charge in [0.05, 0.1) is 10.2 Å². The topological polar surface area (TPSA) is 57.8 Å². The lowest BCUT2D eigenvalue weighted by Crippen LogP contribution is -2.36. The second-order valence-corrected chi connectivity index (χ2v) is 6.18. The predicted molar refractivity (Wildman–Crippen MR) is 72.6 cm³/mol. The lowest BCUT2D eigenvalue weighted by Gasteiger charge is -2.22. The molecule has 0 aliphatic heterocycles. The zero-order valence-corrected chi connectivity index (χ0v) is 11.9. The monoisotopic (exact) mass is 311 g/mol. The average Bonchev–Trinajstić information content (AvgIpc) is 3.14. The van der Waals surface area contributed by atoms with E-state index in [0.29, 0.717) is 17.7 Å². The molecule has 2 aliphatic carbocycles. The Morgan fingerprint density at radius 2 is 1.94 bits per heavy atom. The fourth-order valence-corrected chi connectivity index (χ4v) is 3.32. The normalized spacial score (nSPS) is 20.9. The van der Waals surface area contributed by atoms with E-state index in [2.05, 4.69) is 31.4 Å². The Bertz CT molecular complexity index is 447. The number of carbonyl (C=O) groups is 1. The van der Waals surface area contributed by atoms with Crippen LogP contribution >= 0.6 is 15.9 Å². The van der Waals surface area contributed by atoms with Crippen LogP contribution in [0.2, 0.25) is 0 Å². The molecule has 0 aromatic carbocycles. The summed E-state index contributed by atoms with van der Waals surface area (Å²) in [5.41, 5.74) is 1.60. The SMILES string of the molecule is O=C(NC1CCCCC1)c1n[nH]c(C2CC2)c1Br. The fraction of sp³-hybridized carbons (Fsp3) is 0.692. The van der Waals surface area contributed by atoms with Crippen molar-refractivity contribution in [1.82, 2.24) is 15.5 Å². The molecule has 2 saturated carbocycles. The molecule has 2 aliphatic rings. The average molecular weight is 312 g/mol. The summed E-state index contributed by atoms with van der Waals surface area (Å²) < 4.78 is 0.860. The van der Waals surface area contributed by atoms with Crippen LogP contribution < -0.4 is 5.32 Å². The third kappa shape index (κ3) is 2.46. The lowest BCUT2D eigenvalue weighted by molar-refractivity contribution is 0.0922. The second-order valence-electron chi connectivity index (χ2n) is 5.38. The lowest BCUT2D eigenvalue weighted by atomic mass is 9.95. The summed E-state index contributed by atoms with van der Waals surface area (Å²) in [6.45, 7) is 0. The number of aromatic nitrogens is 2. The van der Waals surface area contributed by atoms with Gasteiger partial charge in [0.1, 0.15) is 0 Å². The van der Waals surface area contributed by atoms with Crippen molar-refractivity contribution in [3.8, 4) is 0 Å². The first-order valence-electron chi connectivity index (χ1n) is 6.80. The number of H-pyrrole nitrogens is 1. The van der Waals surface area contributed by atoms with Gasteiger partial charge in [-0.1, -0.05) is 19.3 Å². The summed E-state index contributed by atoms with van der Waals surface area (Å²) in [6.07, 6.45) is 8.34. The van der Waals surface area contributed by atoms with Gasteiger partial charge < -0.3 is 5.32 Å². The van der Waals surface area contributed by atoms with E-state index in [4.69, 9.17) is 0 Å². The highest BCUT2D eigenvalue weighted by molar-refractivity contribution is 9.10. The Morgan fingerprint density at radius 1 is 1.22 bits per heavy atom. The van der Waals surface area contributed by atoms with Crippen LogP contribution in [0, 0.1) is 0 Å². The van der Waals surface area contributed by atoms with Crippen molar-refractivity contribution in [2.24, 2.45) is 0 Å². The first-order valence-corrected chi connectivity index (χ1v) is 7.59. The Balaban J connectivity index is 1.67. The summed E-state index contributed by atoms with van der Waals surface area (Å²) in [5.74, 6) is 0.528. The van der Waals surface area contributed by atoms with Gasteiger partial charge in [0.15, 0.2) is 5.69 Å². The van der Waals surface area contributed by atoms with E-state index in [1.54, 1.807) is 0 Å². The van der Waals surface area contributed by atoms with Crippen LogP contribution in [0.5, 0.6) is 0 Å². The summed E-state index contributed by atoms with van der Waals surface area (Å²) in [7, 11) is 0. The summed E-state index contributed by atoms with van der Waals surface area (Å²) >= 11 is 3.50. The fourth-order valence-electron chi connectivity index (χ4n) is 2.64. The van der Waals surface area contributed by atoms with Crippen molar-refractivity contribution in [3.05, 3.63) is 15.9 Å². The van der Waals surface area contributed by atoms with E-state index in [1.165, 1.54) is 32.1 Å². The van der Waals surface area contributed by atoms with Crippen LogP contribution in [0.15, 0.2) is 4.47 Å². The molecule has 5 heteroatoms. The highest BCUT2D eigenvalue weighted by Gasteiger charge is 2.30. The molecule has 0 saturated heterocycles. The van der Waals surface area contributed by atoms with E-state index in [0.717, 1.165) is 23.0 Å². The van der Waals surface area contributed by atoms with Gasteiger partial charge in [0, 0.05) is 12.0 Å². The van der Waals surface area contributed by atoms with Crippen molar-refractivity contribution >= 4 is 21.8 Å². The first kappa shape index (κ1) is 12.2. The maximum absolute atomic E-state index is 12.2. The van der Waals surface area contributed by atoms with E-state index in [-0.39, 0.29) is 5.91 Å². The minimum Gasteiger partial charge on any atom is -0.348 e. The zero-order chi connectivity index (χ0) is 12.5.